The molecule has 0 aliphatic carbocycles. The number of hydrogen-bond donors (Lipinski definition) is 1. The van der Waals surface area contributed by atoms with E-state index in [0.29, 0.717) is 4.99 Å². The summed E-state index contributed by atoms with van der Waals surface area (Å²) in [5.74, 6) is 1.07. The molecule has 0 bridgehead atoms. The highest BCUT2D eigenvalue weighted by molar-refractivity contribution is 7.80. The maximum Gasteiger partial charge on any atom is 0.205 e. The van der Waals surface area contributed by atoms with Gasteiger partial charge >= 0.3 is 0 Å². The van der Waals surface area contributed by atoms with Crippen LogP contribution in [0.2, 0.25) is 0 Å². The second-order valence-corrected chi connectivity index (χ2v) is 6.69. The molecule has 0 saturated carbocycles. The number of hydrogen-bond acceptors (Lipinski definition) is 5. The zero-order chi connectivity index (χ0) is 13.9. The summed E-state index contributed by atoms with van der Waals surface area (Å²) in [7, 11) is 0. The molecule has 0 fully saturated rings. The van der Waals surface area contributed by atoms with Crippen molar-refractivity contribution < 1.29 is 0 Å². The number of nitrogens with zero attached hydrogens (tertiary/aromatic N) is 3. The Morgan fingerprint density at radius 1 is 1.50 bits per heavy atom. The van der Waals surface area contributed by atoms with Crippen LogP contribution in [0.3, 0.4) is 0 Å². The molecule has 0 amide bonds. The summed E-state index contributed by atoms with van der Waals surface area (Å²) >= 11 is 6.46. The lowest BCUT2D eigenvalue weighted by molar-refractivity contribution is 0.553. The monoisotopic (exact) mass is 286 g/mol. The van der Waals surface area contributed by atoms with Crippen LogP contribution in [0.1, 0.15) is 40.4 Å². The van der Waals surface area contributed by atoms with E-state index in [2.05, 4.69) is 42.0 Å². The molecule has 0 aliphatic heterocycles. The van der Waals surface area contributed by atoms with Crippen LogP contribution < -0.4 is 10.6 Å². The number of thiocarbonyl (C=S) groups is 1. The van der Waals surface area contributed by atoms with Crippen LogP contribution in [0.4, 0.5) is 5.13 Å². The van der Waals surface area contributed by atoms with E-state index < -0.39 is 0 Å². The van der Waals surface area contributed by atoms with E-state index in [0.717, 1.165) is 24.0 Å². The summed E-state index contributed by atoms with van der Waals surface area (Å²) in [5, 5.41) is 0.950. The van der Waals surface area contributed by atoms with Crippen molar-refractivity contribution in [3.63, 3.8) is 0 Å². The summed E-state index contributed by atoms with van der Waals surface area (Å²) < 4.78 is 4.43. The fraction of sp³-hybridized carbons (Fsp3) is 0.750. The maximum absolute atomic E-state index is 5.66. The molecule has 0 aromatic carbocycles. The summed E-state index contributed by atoms with van der Waals surface area (Å²) in [5.41, 5.74) is 5.65. The van der Waals surface area contributed by atoms with Crippen LogP contribution >= 0.6 is 23.8 Å². The molecular formula is C12H22N4S2. The quantitative estimate of drug-likeness (QED) is 0.843. The Kier molecular flexibility index (Phi) is 5.04. The molecule has 1 aromatic rings. The van der Waals surface area contributed by atoms with Gasteiger partial charge in [0.15, 0.2) is 0 Å². The van der Waals surface area contributed by atoms with E-state index in [1.54, 1.807) is 0 Å². The van der Waals surface area contributed by atoms with Crippen LogP contribution in [-0.4, -0.2) is 27.4 Å². The third-order valence-corrected chi connectivity index (χ3v) is 3.90. The van der Waals surface area contributed by atoms with Crippen molar-refractivity contribution in [1.29, 1.82) is 0 Å². The van der Waals surface area contributed by atoms with Crippen molar-refractivity contribution in [2.45, 2.75) is 40.0 Å². The van der Waals surface area contributed by atoms with Gasteiger partial charge in [0.05, 0.1) is 4.99 Å². The fourth-order valence-electron chi connectivity index (χ4n) is 1.41. The minimum atomic E-state index is -0.0110. The van der Waals surface area contributed by atoms with Gasteiger partial charge in [0, 0.05) is 36.0 Å². The van der Waals surface area contributed by atoms with Gasteiger partial charge in [-0.25, -0.2) is 4.98 Å². The standard InChI is InChI=1S/C12H22N4S2/c1-6-16(7-8(2)9(13)17)11-14-10(15-18-11)12(3,4)5/h8H,6-7H2,1-5H3,(H2,13,17). The summed E-state index contributed by atoms with van der Waals surface area (Å²) in [4.78, 5) is 7.34. The minimum absolute atomic E-state index is 0.0110. The molecule has 0 aliphatic rings. The van der Waals surface area contributed by atoms with Crippen molar-refractivity contribution in [2.75, 3.05) is 18.0 Å². The molecular weight excluding hydrogens is 264 g/mol. The number of aromatic nitrogens is 2. The minimum Gasteiger partial charge on any atom is -0.393 e. The predicted octanol–water partition coefficient (Wildman–Crippen LogP) is 2.58. The van der Waals surface area contributed by atoms with E-state index in [1.807, 2.05) is 6.92 Å². The molecule has 0 radical (unpaired) electrons. The van der Waals surface area contributed by atoms with Gasteiger partial charge in [0.1, 0.15) is 5.82 Å². The molecule has 6 heteroatoms. The zero-order valence-electron chi connectivity index (χ0n) is 11.7. The maximum atomic E-state index is 5.66. The molecule has 1 rings (SSSR count). The molecule has 1 heterocycles. The van der Waals surface area contributed by atoms with Gasteiger partial charge in [-0.05, 0) is 6.92 Å². The number of rotatable bonds is 5. The first-order valence-electron chi connectivity index (χ1n) is 6.14. The Labute approximate surface area is 119 Å². The largest absolute Gasteiger partial charge is 0.393 e. The Balaban J connectivity index is 2.83. The van der Waals surface area contributed by atoms with Crippen LogP contribution in [0.15, 0.2) is 0 Å². The fourth-order valence-corrected chi connectivity index (χ4v) is 2.42. The molecule has 4 nitrogen and oxygen atoms in total. The lowest BCUT2D eigenvalue weighted by atomic mass is 9.96. The molecule has 1 aromatic heterocycles. The highest BCUT2D eigenvalue weighted by Crippen LogP contribution is 2.25. The summed E-state index contributed by atoms with van der Waals surface area (Å²) in [6.45, 7) is 12.2. The van der Waals surface area contributed by atoms with Crippen LogP contribution in [0.5, 0.6) is 0 Å². The van der Waals surface area contributed by atoms with E-state index in [-0.39, 0.29) is 11.3 Å². The Hall–Kier alpha value is -0.750. The number of anilines is 1. The SMILES string of the molecule is CCN(CC(C)C(N)=S)c1nc(C(C)(C)C)ns1. The lowest BCUT2D eigenvalue weighted by Crippen LogP contribution is -2.34. The molecule has 1 unspecified atom stereocenters. The third kappa shape index (κ3) is 3.88. The topological polar surface area (TPSA) is 55.0 Å². The van der Waals surface area contributed by atoms with Gasteiger partial charge in [0.25, 0.3) is 0 Å². The van der Waals surface area contributed by atoms with Crippen LogP contribution in [-0.2, 0) is 5.41 Å². The van der Waals surface area contributed by atoms with Crippen LogP contribution in [0.25, 0.3) is 0 Å². The summed E-state index contributed by atoms with van der Waals surface area (Å²) in [6.07, 6.45) is 0. The van der Waals surface area contributed by atoms with Crippen LogP contribution in [0, 0.1) is 5.92 Å². The average Bonchev–Trinajstić information content (AvgIpc) is 2.73. The highest BCUT2D eigenvalue weighted by atomic mass is 32.1. The lowest BCUT2D eigenvalue weighted by Gasteiger charge is -2.23. The van der Waals surface area contributed by atoms with Crippen molar-refractivity contribution in [1.82, 2.24) is 9.36 Å². The first-order chi connectivity index (χ1) is 8.25. The predicted molar refractivity (Wildman–Crippen MR) is 82.4 cm³/mol. The number of nitrogens with two attached hydrogens (primary N) is 1. The van der Waals surface area contributed by atoms with E-state index in [4.69, 9.17) is 18.0 Å². The Bertz CT molecular complexity index is 408. The third-order valence-electron chi connectivity index (χ3n) is 2.72. The second kappa shape index (κ2) is 5.93. The summed E-state index contributed by atoms with van der Waals surface area (Å²) in [6, 6.07) is 0. The molecule has 18 heavy (non-hydrogen) atoms. The molecule has 0 spiro atoms. The molecule has 2 N–H and O–H groups in total. The molecule has 1 atom stereocenters. The second-order valence-electron chi connectivity index (χ2n) is 5.49. The van der Waals surface area contributed by atoms with Gasteiger partial charge in [0.2, 0.25) is 5.13 Å². The van der Waals surface area contributed by atoms with Gasteiger partial charge in [-0.2, -0.15) is 4.37 Å². The van der Waals surface area contributed by atoms with Crippen molar-refractivity contribution >= 4 is 33.9 Å². The van der Waals surface area contributed by atoms with E-state index >= 15 is 0 Å². The normalized spacial score (nSPS) is 13.4. The first kappa shape index (κ1) is 15.3. The highest BCUT2D eigenvalue weighted by Gasteiger charge is 2.22. The van der Waals surface area contributed by atoms with Crippen molar-refractivity contribution in [3.8, 4) is 0 Å². The van der Waals surface area contributed by atoms with Gasteiger partial charge < -0.3 is 10.6 Å². The van der Waals surface area contributed by atoms with Crippen molar-refractivity contribution in [2.24, 2.45) is 11.7 Å². The van der Waals surface area contributed by atoms with Gasteiger partial charge in [-0.1, -0.05) is 39.9 Å². The van der Waals surface area contributed by atoms with E-state index in [9.17, 15) is 0 Å². The zero-order valence-corrected chi connectivity index (χ0v) is 13.4. The molecule has 102 valence electrons. The smallest absolute Gasteiger partial charge is 0.205 e. The average molecular weight is 286 g/mol. The van der Waals surface area contributed by atoms with Gasteiger partial charge in [-0.15, -0.1) is 0 Å². The van der Waals surface area contributed by atoms with E-state index in [1.165, 1.54) is 11.5 Å². The Morgan fingerprint density at radius 3 is 2.50 bits per heavy atom. The van der Waals surface area contributed by atoms with Crippen molar-refractivity contribution in [3.05, 3.63) is 5.82 Å². The first-order valence-corrected chi connectivity index (χ1v) is 7.32. The molecule has 0 saturated heterocycles. The Morgan fingerprint density at radius 2 is 2.11 bits per heavy atom. The van der Waals surface area contributed by atoms with Gasteiger partial charge in [-0.3, -0.25) is 0 Å².